The summed E-state index contributed by atoms with van der Waals surface area (Å²) in [7, 11) is 1.79. The van der Waals surface area contributed by atoms with Gasteiger partial charge >= 0.3 is 0 Å². The Morgan fingerprint density at radius 3 is 2.69 bits per heavy atom. The minimum Gasteiger partial charge on any atom is -0.493 e. The van der Waals surface area contributed by atoms with Crippen molar-refractivity contribution in [2.75, 3.05) is 37.4 Å². The zero-order valence-corrected chi connectivity index (χ0v) is 18.0. The molecule has 0 radical (unpaired) electrons. The van der Waals surface area contributed by atoms with Gasteiger partial charge in [0.15, 0.2) is 0 Å². The first kappa shape index (κ1) is 21.6. The van der Waals surface area contributed by atoms with E-state index in [1.165, 1.54) is 0 Å². The second-order valence-corrected chi connectivity index (χ2v) is 7.77. The van der Waals surface area contributed by atoms with Gasteiger partial charge in [0.25, 0.3) is 11.5 Å². The van der Waals surface area contributed by atoms with Crippen LogP contribution in [0.3, 0.4) is 0 Å². The van der Waals surface area contributed by atoms with Gasteiger partial charge in [-0.05, 0) is 74.3 Å². The number of carbonyl (C=O) groups is 1. The Labute approximate surface area is 186 Å². The predicted octanol–water partition coefficient (Wildman–Crippen LogP) is 3.11. The van der Waals surface area contributed by atoms with Crippen LogP contribution < -0.4 is 26.2 Å². The van der Waals surface area contributed by atoms with Crippen LogP contribution in [0.15, 0.2) is 59.5 Å². The highest BCUT2D eigenvalue weighted by atomic mass is 16.5. The summed E-state index contributed by atoms with van der Waals surface area (Å²) < 4.78 is 5.87. The maximum Gasteiger partial charge on any atom is 0.271 e. The number of aromatic amines is 1. The molecular weight excluding hydrogens is 406 g/mol. The Balaban J connectivity index is 1.42. The number of amides is 1. The van der Waals surface area contributed by atoms with Crippen LogP contribution in [-0.4, -0.2) is 42.6 Å². The van der Waals surface area contributed by atoms with Crippen LogP contribution in [0, 0.1) is 5.92 Å². The molecule has 2 aromatic heterocycles. The number of ether oxygens (including phenoxy) is 1. The van der Waals surface area contributed by atoms with E-state index < -0.39 is 0 Å². The normalized spacial score (nSPS) is 14.0. The molecule has 0 atom stereocenters. The minimum absolute atomic E-state index is 0.162. The van der Waals surface area contributed by atoms with Gasteiger partial charge in [0.05, 0.1) is 12.3 Å². The third-order valence-corrected chi connectivity index (χ3v) is 5.51. The summed E-state index contributed by atoms with van der Waals surface area (Å²) >= 11 is 0. The molecule has 166 valence electrons. The van der Waals surface area contributed by atoms with Gasteiger partial charge in [-0.1, -0.05) is 6.07 Å². The van der Waals surface area contributed by atoms with Gasteiger partial charge in [0.1, 0.15) is 17.3 Å². The van der Waals surface area contributed by atoms with E-state index in [0.717, 1.165) is 31.7 Å². The van der Waals surface area contributed by atoms with Crippen molar-refractivity contribution >= 4 is 17.4 Å². The van der Waals surface area contributed by atoms with Gasteiger partial charge in [-0.2, -0.15) is 0 Å². The molecule has 1 aliphatic rings. The summed E-state index contributed by atoms with van der Waals surface area (Å²) in [4.78, 5) is 32.1. The summed E-state index contributed by atoms with van der Waals surface area (Å²) in [5.74, 6) is 1.63. The molecule has 0 unspecified atom stereocenters. The third kappa shape index (κ3) is 5.33. The molecule has 0 saturated carbocycles. The number of piperidine rings is 1. The molecule has 4 N–H and O–H groups in total. The number of nitrogens with one attached hydrogen (secondary N) is 4. The number of aromatic nitrogens is 2. The minimum atomic E-state index is -0.381. The maximum atomic E-state index is 12.7. The van der Waals surface area contributed by atoms with E-state index in [4.69, 9.17) is 4.74 Å². The fraction of sp³-hybridized carbons (Fsp3) is 0.292. The number of H-pyrrole nitrogens is 1. The van der Waals surface area contributed by atoms with Gasteiger partial charge < -0.3 is 25.7 Å². The molecule has 8 nitrogen and oxygen atoms in total. The highest BCUT2D eigenvalue weighted by molar-refractivity contribution is 6.04. The first-order valence-electron chi connectivity index (χ1n) is 10.8. The highest BCUT2D eigenvalue weighted by Gasteiger charge is 2.14. The molecule has 32 heavy (non-hydrogen) atoms. The van der Waals surface area contributed by atoms with Crippen LogP contribution in [0.25, 0.3) is 11.3 Å². The number of carbonyl (C=O) groups excluding carboxylic acids is 1. The SMILES string of the molecule is CNc1cccc(-c2c[nH]c(=O)c(NC(=O)c3ccc(OCC4CCNCC4)cc3)c2)n1. The van der Waals surface area contributed by atoms with Crippen LogP contribution in [0.5, 0.6) is 5.75 Å². The Kier molecular flexibility index (Phi) is 6.81. The van der Waals surface area contributed by atoms with Crippen molar-refractivity contribution in [2.45, 2.75) is 12.8 Å². The summed E-state index contributed by atoms with van der Waals surface area (Å²) in [5, 5.41) is 9.02. The van der Waals surface area contributed by atoms with Gasteiger partial charge in [-0.25, -0.2) is 4.98 Å². The molecule has 1 amide bonds. The lowest BCUT2D eigenvalue weighted by atomic mass is 9.99. The number of rotatable bonds is 7. The molecule has 8 heteroatoms. The Morgan fingerprint density at radius 1 is 1.16 bits per heavy atom. The quantitative estimate of drug-likeness (QED) is 0.456. The van der Waals surface area contributed by atoms with E-state index in [9.17, 15) is 9.59 Å². The molecule has 3 aromatic rings. The van der Waals surface area contributed by atoms with Crippen molar-refractivity contribution in [1.82, 2.24) is 15.3 Å². The Bertz CT molecular complexity index is 1120. The zero-order chi connectivity index (χ0) is 22.3. The number of anilines is 2. The molecule has 4 rings (SSSR count). The Hall–Kier alpha value is -3.65. The van der Waals surface area contributed by atoms with Crippen LogP contribution in [0.2, 0.25) is 0 Å². The maximum absolute atomic E-state index is 12.7. The average Bonchev–Trinajstić information content (AvgIpc) is 2.85. The molecule has 3 heterocycles. The van der Waals surface area contributed by atoms with E-state index >= 15 is 0 Å². The molecule has 1 fully saturated rings. The first-order valence-corrected chi connectivity index (χ1v) is 10.8. The molecule has 0 spiro atoms. The van der Waals surface area contributed by atoms with Crippen molar-refractivity contribution in [3.05, 3.63) is 70.6 Å². The zero-order valence-electron chi connectivity index (χ0n) is 18.0. The monoisotopic (exact) mass is 433 g/mol. The molecule has 1 saturated heterocycles. The summed E-state index contributed by atoms with van der Waals surface area (Å²) in [6.07, 6.45) is 3.81. The molecule has 0 aliphatic carbocycles. The van der Waals surface area contributed by atoms with Crippen LogP contribution in [0.4, 0.5) is 11.5 Å². The number of hydrogen-bond acceptors (Lipinski definition) is 6. The highest BCUT2D eigenvalue weighted by Crippen LogP contribution is 2.21. The average molecular weight is 434 g/mol. The van der Waals surface area contributed by atoms with Gasteiger partial charge in [0.2, 0.25) is 0 Å². The summed E-state index contributed by atoms with van der Waals surface area (Å²) in [6, 6.07) is 14.1. The fourth-order valence-corrected chi connectivity index (χ4v) is 3.62. The smallest absolute Gasteiger partial charge is 0.271 e. The lowest BCUT2D eigenvalue weighted by molar-refractivity contribution is 0.102. The van der Waals surface area contributed by atoms with Gasteiger partial charge in [-0.15, -0.1) is 0 Å². The molecule has 0 bridgehead atoms. The number of nitrogens with zero attached hydrogens (tertiary/aromatic N) is 1. The number of benzene rings is 1. The van der Waals surface area contributed by atoms with Gasteiger partial charge in [-0.3, -0.25) is 9.59 Å². The van der Waals surface area contributed by atoms with Gasteiger partial charge in [0, 0.05) is 24.4 Å². The number of pyridine rings is 2. The van der Waals surface area contributed by atoms with E-state index in [2.05, 4.69) is 25.9 Å². The topological polar surface area (TPSA) is 108 Å². The van der Waals surface area contributed by atoms with Crippen molar-refractivity contribution in [2.24, 2.45) is 5.92 Å². The van der Waals surface area contributed by atoms with Crippen molar-refractivity contribution in [3.8, 4) is 17.0 Å². The van der Waals surface area contributed by atoms with Crippen LogP contribution in [-0.2, 0) is 0 Å². The second kappa shape index (κ2) is 10.1. The van der Waals surface area contributed by atoms with Crippen molar-refractivity contribution < 1.29 is 9.53 Å². The number of hydrogen-bond donors (Lipinski definition) is 4. The Morgan fingerprint density at radius 2 is 1.94 bits per heavy atom. The third-order valence-electron chi connectivity index (χ3n) is 5.51. The lowest BCUT2D eigenvalue weighted by Crippen LogP contribution is -2.30. The standard InChI is InChI=1S/C24H27N5O3/c1-25-22-4-2-3-20(28-22)18-13-21(24(31)27-14-18)29-23(30)17-5-7-19(8-6-17)32-15-16-9-11-26-12-10-16/h2-8,13-14,16,26H,9-12,15H2,1H3,(H,25,28)(H,27,31)(H,29,30). The summed E-state index contributed by atoms with van der Waals surface area (Å²) in [5.41, 5.74) is 1.60. The van der Waals surface area contributed by atoms with Crippen molar-refractivity contribution in [3.63, 3.8) is 0 Å². The lowest BCUT2D eigenvalue weighted by Gasteiger charge is -2.22. The van der Waals surface area contributed by atoms with E-state index in [-0.39, 0.29) is 17.2 Å². The molecule has 1 aromatic carbocycles. The largest absolute Gasteiger partial charge is 0.493 e. The van der Waals surface area contributed by atoms with E-state index in [0.29, 0.717) is 35.2 Å². The molecular formula is C24H27N5O3. The fourth-order valence-electron chi connectivity index (χ4n) is 3.62. The van der Waals surface area contributed by atoms with Crippen LogP contribution in [0.1, 0.15) is 23.2 Å². The van der Waals surface area contributed by atoms with E-state index in [1.54, 1.807) is 43.6 Å². The second-order valence-electron chi connectivity index (χ2n) is 7.77. The summed E-state index contributed by atoms with van der Waals surface area (Å²) in [6.45, 7) is 2.74. The van der Waals surface area contributed by atoms with Crippen LogP contribution >= 0.6 is 0 Å². The van der Waals surface area contributed by atoms with E-state index in [1.807, 2.05) is 18.2 Å². The first-order chi connectivity index (χ1) is 15.6. The molecule has 1 aliphatic heterocycles. The predicted molar refractivity (Wildman–Crippen MR) is 125 cm³/mol. The van der Waals surface area contributed by atoms with Crippen molar-refractivity contribution in [1.29, 1.82) is 0 Å².